The molecule has 2 radical (unpaired) electrons. The summed E-state index contributed by atoms with van der Waals surface area (Å²) in [6, 6.07) is 0. The normalized spacial score (nSPS) is 13.4. The van der Waals surface area contributed by atoms with Crippen molar-refractivity contribution in [2.45, 2.75) is 13.2 Å². The summed E-state index contributed by atoms with van der Waals surface area (Å²) in [7, 11) is 7.04. The Kier molecular flexibility index (Phi) is 7.09. The van der Waals surface area contributed by atoms with Crippen molar-refractivity contribution < 1.29 is 9.47 Å². The number of methoxy groups -OCH3 is 1. The van der Waals surface area contributed by atoms with E-state index in [-0.39, 0.29) is 0 Å². The lowest BCUT2D eigenvalue weighted by molar-refractivity contribution is 0.0573. The summed E-state index contributed by atoms with van der Waals surface area (Å²) in [5, 5.41) is 0. The summed E-state index contributed by atoms with van der Waals surface area (Å²) in [5.74, 6) is 0.455. The van der Waals surface area contributed by atoms with Gasteiger partial charge in [0.15, 0.2) is 0 Å². The van der Waals surface area contributed by atoms with Crippen LogP contribution in [0.5, 0.6) is 0 Å². The van der Waals surface area contributed by atoms with E-state index in [1.54, 1.807) is 7.11 Å². The van der Waals surface area contributed by atoms with E-state index in [2.05, 4.69) is 6.92 Å². The molecule has 0 aliphatic heterocycles. The molecule has 0 aliphatic rings. The molecule has 1 atom stereocenters. The predicted octanol–water partition coefficient (Wildman–Crippen LogP) is 0.872. The van der Waals surface area contributed by atoms with Gasteiger partial charge in [0.1, 0.15) is 0 Å². The van der Waals surface area contributed by atoms with Crippen LogP contribution in [0.1, 0.15) is 6.92 Å². The van der Waals surface area contributed by atoms with E-state index in [9.17, 15) is 0 Å². The Morgan fingerprint density at radius 1 is 1.40 bits per heavy atom. The smallest absolute Gasteiger partial charge is 0.0700 e. The standard InChI is InChI=1S/C7H15BO2/c1-7(5-8)6-10-4-3-9-2/h7H,3-6H2,1-2H3. The van der Waals surface area contributed by atoms with Crippen LogP contribution in [0.25, 0.3) is 0 Å². The molecule has 2 nitrogen and oxygen atoms in total. The number of rotatable bonds is 6. The molecule has 0 N–H and O–H groups in total. The van der Waals surface area contributed by atoms with Crippen molar-refractivity contribution in [1.82, 2.24) is 0 Å². The fraction of sp³-hybridized carbons (Fsp3) is 1.00. The summed E-state index contributed by atoms with van der Waals surface area (Å²) in [6.45, 7) is 4.13. The van der Waals surface area contributed by atoms with Gasteiger partial charge in [-0.2, -0.15) is 0 Å². The van der Waals surface area contributed by atoms with Gasteiger partial charge < -0.3 is 9.47 Å². The highest BCUT2D eigenvalue weighted by atomic mass is 16.5. The molecule has 1 unspecified atom stereocenters. The van der Waals surface area contributed by atoms with Crippen molar-refractivity contribution in [3.8, 4) is 0 Å². The molecule has 10 heavy (non-hydrogen) atoms. The molecule has 0 aliphatic carbocycles. The quantitative estimate of drug-likeness (QED) is 0.404. The molecule has 0 spiro atoms. The lowest BCUT2D eigenvalue weighted by atomic mass is 9.93. The topological polar surface area (TPSA) is 18.5 Å². The Labute approximate surface area is 64.3 Å². The Hall–Kier alpha value is -0.0151. The monoisotopic (exact) mass is 142 g/mol. The molecule has 0 saturated heterocycles. The molecule has 3 heteroatoms. The fourth-order valence-corrected chi connectivity index (χ4v) is 0.495. The molecule has 0 aromatic heterocycles. The zero-order chi connectivity index (χ0) is 7.82. The molecule has 0 heterocycles. The summed E-state index contributed by atoms with van der Waals surface area (Å²) < 4.78 is 10.0. The van der Waals surface area contributed by atoms with E-state index in [0.717, 1.165) is 6.61 Å². The van der Waals surface area contributed by atoms with E-state index >= 15 is 0 Å². The summed E-state index contributed by atoms with van der Waals surface area (Å²) in [4.78, 5) is 0. The maximum Gasteiger partial charge on any atom is 0.0700 e. The average Bonchev–Trinajstić information content (AvgIpc) is 1.98. The predicted molar refractivity (Wildman–Crippen MR) is 42.4 cm³/mol. The largest absolute Gasteiger partial charge is 0.382 e. The number of ether oxygens (including phenoxy) is 2. The van der Waals surface area contributed by atoms with Crippen LogP contribution in [0, 0.1) is 5.92 Å². The van der Waals surface area contributed by atoms with Crippen molar-refractivity contribution in [2.75, 3.05) is 26.9 Å². The second kappa shape index (κ2) is 7.10. The van der Waals surface area contributed by atoms with Crippen LogP contribution < -0.4 is 0 Å². The van der Waals surface area contributed by atoms with Crippen LogP contribution in [0.3, 0.4) is 0 Å². The molecule has 0 rings (SSSR count). The van der Waals surface area contributed by atoms with E-state index < -0.39 is 0 Å². The van der Waals surface area contributed by atoms with Gasteiger partial charge in [0, 0.05) is 13.7 Å². The van der Waals surface area contributed by atoms with Crippen LogP contribution in [-0.2, 0) is 9.47 Å². The first-order chi connectivity index (χ1) is 4.81. The van der Waals surface area contributed by atoms with E-state index in [0.29, 0.717) is 25.5 Å². The zero-order valence-electron chi connectivity index (χ0n) is 6.80. The highest BCUT2D eigenvalue weighted by molar-refractivity contribution is 6.08. The van der Waals surface area contributed by atoms with Gasteiger partial charge in [0.25, 0.3) is 0 Å². The van der Waals surface area contributed by atoms with Crippen molar-refractivity contribution in [2.24, 2.45) is 5.92 Å². The van der Waals surface area contributed by atoms with Gasteiger partial charge in [-0.05, 0) is 5.92 Å². The molecule has 0 aromatic carbocycles. The van der Waals surface area contributed by atoms with Gasteiger partial charge in [0.05, 0.1) is 21.1 Å². The maximum absolute atomic E-state index is 5.38. The Morgan fingerprint density at radius 2 is 2.10 bits per heavy atom. The second-order valence-electron chi connectivity index (χ2n) is 2.41. The first kappa shape index (κ1) is 9.98. The third-order valence-corrected chi connectivity index (χ3v) is 1.24. The number of hydrogen-bond acceptors (Lipinski definition) is 2. The van der Waals surface area contributed by atoms with Gasteiger partial charge in [-0.15, -0.1) is 0 Å². The molecule has 0 amide bonds. The Morgan fingerprint density at radius 3 is 2.60 bits per heavy atom. The minimum absolute atomic E-state index is 0.455. The highest BCUT2D eigenvalue weighted by Gasteiger charge is 1.96. The van der Waals surface area contributed by atoms with Crippen molar-refractivity contribution in [1.29, 1.82) is 0 Å². The van der Waals surface area contributed by atoms with Crippen LogP contribution in [-0.4, -0.2) is 34.8 Å². The second-order valence-corrected chi connectivity index (χ2v) is 2.41. The minimum Gasteiger partial charge on any atom is -0.382 e. The highest BCUT2D eigenvalue weighted by Crippen LogP contribution is 1.98. The lowest BCUT2D eigenvalue weighted by Gasteiger charge is -2.08. The zero-order valence-corrected chi connectivity index (χ0v) is 6.80. The van der Waals surface area contributed by atoms with Crippen molar-refractivity contribution in [3.63, 3.8) is 0 Å². The van der Waals surface area contributed by atoms with Crippen LogP contribution in [0.2, 0.25) is 6.32 Å². The van der Waals surface area contributed by atoms with Gasteiger partial charge in [-0.1, -0.05) is 13.2 Å². The first-order valence-electron chi connectivity index (χ1n) is 3.58. The minimum atomic E-state index is 0.455. The molecule has 0 bridgehead atoms. The first-order valence-corrected chi connectivity index (χ1v) is 3.58. The maximum atomic E-state index is 5.38. The molecular formula is C7H15BO2. The average molecular weight is 142 g/mol. The summed E-state index contributed by atoms with van der Waals surface area (Å²) in [5.41, 5.74) is 0. The molecule has 0 saturated carbocycles. The van der Waals surface area contributed by atoms with E-state index in [1.165, 1.54) is 0 Å². The fourth-order valence-electron chi connectivity index (χ4n) is 0.495. The van der Waals surface area contributed by atoms with Gasteiger partial charge >= 0.3 is 0 Å². The summed E-state index contributed by atoms with van der Waals surface area (Å²) >= 11 is 0. The van der Waals surface area contributed by atoms with Crippen LogP contribution >= 0.6 is 0 Å². The molecular weight excluding hydrogens is 127 g/mol. The van der Waals surface area contributed by atoms with Gasteiger partial charge in [-0.25, -0.2) is 0 Å². The molecule has 58 valence electrons. The SMILES string of the molecule is [B]CC(C)COCCOC. The Bertz CT molecular complexity index is 68.6. The van der Waals surface area contributed by atoms with E-state index in [4.69, 9.17) is 17.3 Å². The Balaban J connectivity index is 2.89. The third kappa shape index (κ3) is 6.11. The molecule has 0 fully saturated rings. The lowest BCUT2D eigenvalue weighted by Crippen LogP contribution is -2.09. The van der Waals surface area contributed by atoms with Gasteiger partial charge in [-0.3, -0.25) is 0 Å². The van der Waals surface area contributed by atoms with Crippen molar-refractivity contribution in [3.05, 3.63) is 0 Å². The van der Waals surface area contributed by atoms with Gasteiger partial charge in [0.2, 0.25) is 0 Å². The van der Waals surface area contributed by atoms with Crippen molar-refractivity contribution >= 4 is 7.85 Å². The number of hydrogen-bond donors (Lipinski definition) is 0. The van der Waals surface area contributed by atoms with E-state index in [1.807, 2.05) is 0 Å². The third-order valence-electron chi connectivity index (χ3n) is 1.24. The molecule has 0 aromatic rings. The summed E-state index contributed by atoms with van der Waals surface area (Å²) in [6.07, 6.45) is 0.687. The van der Waals surface area contributed by atoms with Crippen LogP contribution in [0.4, 0.5) is 0 Å². The van der Waals surface area contributed by atoms with Crippen LogP contribution in [0.15, 0.2) is 0 Å².